The average molecular weight is 362 g/mol. The van der Waals surface area contributed by atoms with Crippen molar-refractivity contribution in [1.82, 2.24) is 4.90 Å². The third kappa shape index (κ3) is 3.02. The van der Waals surface area contributed by atoms with Crippen molar-refractivity contribution in [2.75, 3.05) is 26.2 Å². The summed E-state index contributed by atoms with van der Waals surface area (Å²) in [5.41, 5.74) is 0. The highest BCUT2D eigenvalue weighted by atomic mass is 79.9. The second kappa shape index (κ2) is 6.01. The Bertz CT molecular complexity index is 694. The fourth-order valence-electron chi connectivity index (χ4n) is 2.28. The molecule has 1 aromatic carbocycles. The second-order valence-electron chi connectivity index (χ2n) is 4.70. The normalized spacial score (nSPS) is 26.0. The Morgan fingerprint density at radius 3 is 2.81 bits per heavy atom. The first-order valence-corrected chi connectivity index (χ1v) is 7.25. The van der Waals surface area contributed by atoms with Crippen LogP contribution < -0.4 is 14.2 Å². The van der Waals surface area contributed by atoms with Gasteiger partial charge >= 0.3 is 6.09 Å². The summed E-state index contributed by atoms with van der Waals surface area (Å²) in [5, 5.41) is 8.96. The van der Waals surface area contributed by atoms with E-state index >= 15 is 0 Å². The molecule has 1 saturated heterocycles. The van der Waals surface area contributed by atoms with Gasteiger partial charge in [-0.25, -0.2) is 4.79 Å². The van der Waals surface area contributed by atoms with Crippen molar-refractivity contribution in [2.24, 2.45) is 0 Å². The zero-order valence-electron chi connectivity index (χ0n) is 15.0. The van der Waals surface area contributed by atoms with Crippen LogP contribution >= 0.6 is 15.9 Å². The number of rotatable bonds is 2. The smallest absolute Gasteiger partial charge is 0.407 e. The van der Waals surface area contributed by atoms with Gasteiger partial charge in [0.2, 0.25) is 0 Å². The number of carboxylic acid groups (broad SMARTS) is 1. The molecular weight excluding hydrogens is 342 g/mol. The van der Waals surface area contributed by atoms with Gasteiger partial charge in [-0.1, -0.05) is 0 Å². The van der Waals surface area contributed by atoms with Crippen LogP contribution in [0.5, 0.6) is 17.2 Å². The average Bonchev–Trinajstić information content (AvgIpc) is 2.52. The van der Waals surface area contributed by atoms with Crippen LogP contribution in [0.15, 0.2) is 16.6 Å². The Balaban J connectivity index is 1.76. The van der Waals surface area contributed by atoms with Crippen LogP contribution in [-0.4, -0.2) is 48.4 Å². The standard InChI is InChI=1S/C14H16BrNO5/c15-12-10(1-2-11-13(12)20-8-7-19-11)21-9-3-5-16(6-4-9)14(17)18/h1-2,9H,3-8H2,(H,17,18)/i7D2,8D2. The molecule has 7 heteroatoms. The van der Waals surface area contributed by atoms with Gasteiger partial charge in [0, 0.05) is 25.9 Å². The molecular formula is C14H16BrNO5. The van der Waals surface area contributed by atoms with Crippen molar-refractivity contribution in [3.8, 4) is 17.2 Å². The minimum Gasteiger partial charge on any atom is -0.489 e. The molecule has 0 saturated carbocycles. The molecule has 2 aliphatic heterocycles. The highest BCUT2D eigenvalue weighted by Gasteiger charge is 2.25. The van der Waals surface area contributed by atoms with Crippen LogP contribution in [0.25, 0.3) is 0 Å². The molecule has 0 atom stereocenters. The van der Waals surface area contributed by atoms with E-state index in [1.165, 1.54) is 11.0 Å². The first-order chi connectivity index (χ1) is 11.6. The lowest BCUT2D eigenvalue weighted by atomic mass is 10.1. The Morgan fingerprint density at radius 2 is 2.10 bits per heavy atom. The molecule has 0 bridgehead atoms. The van der Waals surface area contributed by atoms with E-state index in [4.69, 9.17) is 24.8 Å². The summed E-state index contributed by atoms with van der Waals surface area (Å²) in [6, 6.07) is 3.03. The Kier molecular flexibility index (Phi) is 2.91. The number of likely N-dealkylation sites (tertiary alicyclic amines) is 1. The summed E-state index contributed by atoms with van der Waals surface area (Å²) < 4.78 is 47.0. The van der Waals surface area contributed by atoms with Crippen LogP contribution in [0, 0.1) is 0 Å². The summed E-state index contributed by atoms with van der Waals surface area (Å²) in [4.78, 5) is 12.3. The van der Waals surface area contributed by atoms with Crippen molar-refractivity contribution < 1.29 is 29.6 Å². The van der Waals surface area contributed by atoms with Gasteiger partial charge in [-0.3, -0.25) is 0 Å². The largest absolute Gasteiger partial charge is 0.489 e. The van der Waals surface area contributed by atoms with Gasteiger partial charge in [0.25, 0.3) is 0 Å². The van der Waals surface area contributed by atoms with E-state index in [-0.39, 0.29) is 17.6 Å². The fraction of sp³-hybridized carbons (Fsp3) is 0.500. The van der Waals surface area contributed by atoms with Gasteiger partial charge in [-0.05, 0) is 28.1 Å². The maximum absolute atomic E-state index is 10.9. The van der Waals surface area contributed by atoms with Gasteiger partial charge < -0.3 is 24.2 Å². The Hall–Kier alpha value is -1.63. The molecule has 1 aromatic rings. The maximum atomic E-state index is 10.9. The van der Waals surface area contributed by atoms with E-state index in [0.29, 0.717) is 36.2 Å². The highest BCUT2D eigenvalue weighted by Crippen LogP contribution is 2.43. The van der Waals surface area contributed by atoms with Crippen LogP contribution in [0.1, 0.15) is 18.3 Å². The third-order valence-corrected chi connectivity index (χ3v) is 4.14. The molecule has 1 amide bonds. The number of piperidine rings is 1. The predicted octanol–water partition coefficient (Wildman–Crippen LogP) is 2.74. The highest BCUT2D eigenvalue weighted by molar-refractivity contribution is 9.10. The molecule has 0 unspecified atom stereocenters. The summed E-state index contributed by atoms with van der Waals surface area (Å²) >= 11 is 3.29. The van der Waals surface area contributed by atoms with E-state index < -0.39 is 19.2 Å². The zero-order valence-corrected chi connectivity index (χ0v) is 12.6. The zero-order chi connectivity index (χ0) is 18.4. The number of amides is 1. The van der Waals surface area contributed by atoms with E-state index in [9.17, 15) is 4.79 Å². The first-order valence-electron chi connectivity index (χ1n) is 8.46. The van der Waals surface area contributed by atoms with E-state index in [1.54, 1.807) is 6.07 Å². The second-order valence-corrected chi connectivity index (χ2v) is 5.49. The lowest BCUT2D eigenvalue weighted by Crippen LogP contribution is -2.41. The number of nitrogens with zero attached hydrogens (tertiary/aromatic N) is 1. The third-order valence-electron chi connectivity index (χ3n) is 3.39. The number of benzene rings is 1. The molecule has 1 fully saturated rings. The molecule has 2 heterocycles. The van der Waals surface area contributed by atoms with Crippen LogP contribution in [0.4, 0.5) is 4.79 Å². The van der Waals surface area contributed by atoms with E-state index in [2.05, 4.69) is 15.9 Å². The molecule has 114 valence electrons. The van der Waals surface area contributed by atoms with E-state index in [0.717, 1.165) is 0 Å². The first kappa shape index (κ1) is 10.2. The lowest BCUT2D eigenvalue weighted by molar-refractivity contribution is 0.0884. The summed E-state index contributed by atoms with van der Waals surface area (Å²) in [6.07, 6.45) is -0.0549. The number of fused-ring (bicyclic) bond motifs is 1. The number of halogens is 1. The van der Waals surface area contributed by atoms with Crippen molar-refractivity contribution in [1.29, 1.82) is 0 Å². The van der Waals surface area contributed by atoms with Crippen molar-refractivity contribution >= 4 is 22.0 Å². The summed E-state index contributed by atoms with van der Waals surface area (Å²) in [6.45, 7) is -4.52. The van der Waals surface area contributed by atoms with E-state index in [1.807, 2.05) is 0 Å². The molecule has 6 nitrogen and oxygen atoms in total. The van der Waals surface area contributed by atoms with Crippen LogP contribution in [0.3, 0.4) is 0 Å². The summed E-state index contributed by atoms with van der Waals surface area (Å²) in [7, 11) is 0. The Labute approximate surface area is 136 Å². The predicted molar refractivity (Wildman–Crippen MR) is 78.4 cm³/mol. The number of carbonyl (C=O) groups is 1. The van der Waals surface area contributed by atoms with Crippen molar-refractivity contribution in [3.05, 3.63) is 16.6 Å². The summed E-state index contributed by atoms with van der Waals surface area (Å²) in [5.74, 6) is 0.495. The van der Waals surface area contributed by atoms with Gasteiger partial charge in [0.05, 0.1) is 5.48 Å². The van der Waals surface area contributed by atoms with Gasteiger partial charge in [0.15, 0.2) is 11.5 Å². The molecule has 0 spiro atoms. The van der Waals surface area contributed by atoms with Crippen LogP contribution in [-0.2, 0) is 0 Å². The van der Waals surface area contributed by atoms with Crippen molar-refractivity contribution in [3.63, 3.8) is 0 Å². The number of ether oxygens (including phenoxy) is 3. The quantitative estimate of drug-likeness (QED) is 0.876. The minimum absolute atomic E-state index is 0.0283. The number of hydrogen-bond donors (Lipinski definition) is 1. The van der Waals surface area contributed by atoms with Gasteiger partial charge in [-0.2, -0.15) is 0 Å². The molecule has 3 rings (SSSR count). The molecule has 0 aromatic heterocycles. The molecule has 2 aliphatic rings. The molecule has 1 N–H and O–H groups in total. The minimum atomic E-state index is -2.66. The fourth-order valence-corrected chi connectivity index (χ4v) is 2.78. The Morgan fingerprint density at radius 1 is 1.38 bits per heavy atom. The lowest BCUT2D eigenvalue weighted by Gasteiger charge is -2.31. The molecule has 21 heavy (non-hydrogen) atoms. The topological polar surface area (TPSA) is 68.2 Å². The van der Waals surface area contributed by atoms with Gasteiger partial charge in [-0.15, -0.1) is 0 Å². The molecule has 0 radical (unpaired) electrons. The van der Waals surface area contributed by atoms with Crippen LogP contribution in [0.2, 0.25) is 0 Å². The monoisotopic (exact) mass is 361 g/mol. The molecule has 0 aliphatic carbocycles. The SMILES string of the molecule is [2H]C1([2H])Oc2ccc(OC3CCN(C(=O)O)CC3)c(Br)c2OC1([2H])[2H]. The van der Waals surface area contributed by atoms with Crippen molar-refractivity contribution in [2.45, 2.75) is 18.9 Å². The number of hydrogen-bond acceptors (Lipinski definition) is 4. The van der Waals surface area contributed by atoms with Gasteiger partial charge in [0.1, 0.15) is 29.4 Å². The maximum Gasteiger partial charge on any atom is 0.407 e.